The number of nitrogens with zero attached hydrogens (tertiary/aromatic N) is 2. The van der Waals surface area contributed by atoms with Gasteiger partial charge in [0.25, 0.3) is 5.91 Å². The van der Waals surface area contributed by atoms with Crippen molar-refractivity contribution in [2.45, 2.75) is 18.7 Å². The normalized spacial score (nSPS) is 13.5. The van der Waals surface area contributed by atoms with Crippen LogP contribution in [0.4, 0.5) is 10.5 Å². The molecule has 0 aromatic heterocycles. The van der Waals surface area contributed by atoms with Crippen molar-refractivity contribution in [2.75, 3.05) is 37.6 Å². The minimum atomic E-state index is -3.55. The Morgan fingerprint density at radius 2 is 1.75 bits per heavy atom. The number of carbonyl (C=O) groups is 2. The molecule has 3 rings (SSSR count). The van der Waals surface area contributed by atoms with Crippen molar-refractivity contribution in [2.24, 2.45) is 0 Å². The second-order valence-electron chi connectivity index (χ2n) is 7.03. The summed E-state index contributed by atoms with van der Waals surface area (Å²) < 4.78 is 26.4. The molecule has 0 spiro atoms. The van der Waals surface area contributed by atoms with Crippen molar-refractivity contribution < 1.29 is 18.0 Å². The largest absolute Gasteiger partial charge is 0.341 e. The van der Waals surface area contributed by atoms with Crippen LogP contribution in [0.25, 0.3) is 0 Å². The molecule has 1 heterocycles. The summed E-state index contributed by atoms with van der Waals surface area (Å²) in [5.41, 5.74) is 1.94. The molecule has 0 radical (unpaired) electrons. The molecule has 0 unspecified atom stereocenters. The Morgan fingerprint density at radius 1 is 1.09 bits per heavy atom. The Hall–Kier alpha value is -3.35. The van der Waals surface area contributed by atoms with Gasteiger partial charge in [-0.1, -0.05) is 25.7 Å². The van der Waals surface area contributed by atoms with Gasteiger partial charge < -0.3 is 10.6 Å². The fourth-order valence-electron chi connectivity index (χ4n) is 3.31. The summed E-state index contributed by atoms with van der Waals surface area (Å²) in [6, 6.07) is 13.1. The van der Waals surface area contributed by atoms with Crippen LogP contribution in [0.5, 0.6) is 0 Å². The van der Waals surface area contributed by atoms with E-state index in [1.807, 2.05) is 24.3 Å². The van der Waals surface area contributed by atoms with Crippen LogP contribution in [0.15, 0.2) is 53.4 Å². The number of amides is 3. The zero-order chi connectivity index (χ0) is 23.1. The predicted octanol–water partition coefficient (Wildman–Crippen LogP) is 2.03. The maximum atomic E-state index is 12.5. The molecule has 9 heteroatoms. The van der Waals surface area contributed by atoms with E-state index >= 15 is 0 Å². The first-order valence-electron chi connectivity index (χ1n) is 10.4. The standard InChI is InChI=1S/C23H26N4O4S/c1-3-26(4-2)32(30,31)21-13-9-19(10-14-21)22(28)24-15-5-6-18-7-11-20(12-8-18)27-17-16-25-23(27)29/h7-14H,3-4,15-17H2,1-2H3,(H,24,28)(H,25,29). The average molecular weight is 455 g/mol. The molecule has 2 aromatic carbocycles. The Morgan fingerprint density at radius 3 is 2.31 bits per heavy atom. The van der Waals surface area contributed by atoms with Crippen LogP contribution in [0.1, 0.15) is 29.8 Å². The molecule has 1 fully saturated rings. The molecule has 2 N–H and O–H groups in total. The smallest absolute Gasteiger partial charge is 0.321 e. The molecule has 2 aromatic rings. The number of carbonyl (C=O) groups excluding carboxylic acids is 2. The van der Waals surface area contributed by atoms with Crippen LogP contribution in [-0.2, 0) is 10.0 Å². The molecular weight excluding hydrogens is 428 g/mol. The first kappa shape index (κ1) is 23.3. The second-order valence-corrected chi connectivity index (χ2v) is 8.97. The van der Waals surface area contributed by atoms with E-state index < -0.39 is 10.0 Å². The topological polar surface area (TPSA) is 98.8 Å². The number of nitrogens with one attached hydrogen (secondary N) is 2. The minimum Gasteiger partial charge on any atom is -0.341 e. The highest BCUT2D eigenvalue weighted by molar-refractivity contribution is 7.89. The van der Waals surface area contributed by atoms with Crippen molar-refractivity contribution >= 4 is 27.6 Å². The van der Waals surface area contributed by atoms with Crippen LogP contribution in [0, 0.1) is 11.8 Å². The number of anilines is 1. The van der Waals surface area contributed by atoms with Crippen LogP contribution < -0.4 is 15.5 Å². The van der Waals surface area contributed by atoms with Gasteiger partial charge in [0, 0.05) is 43.0 Å². The monoisotopic (exact) mass is 454 g/mol. The van der Waals surface area contributed by atoms with Gasteiger partial charge in [-0.05, 0) is 48.5 Å². The Balaban J connectivity index is 1.55. The Bertz CT molecular complexity index is 1130. The summed E-state index contributed by atoms with van der Waals surface area (Å²) in [5.74, 6) is 5.52. The molecule has 1 aliphatic rings. The molecular formula is C23H26N4O4S. The van der Waals surface area contributed by atoms with Crippen LogP contribution in [0.2, 0.25) is 0 Å². The van der Waals surface area contributed by atoms with Crippen molar-refractivity contribution in [3.05, 3.63) is 59.7 Å². The molecule has 1 saturated heterocycles. The van der Waals surface area contributed by atoms with Crippen LogP contribution in [-0.4, -0.2) is 57.4 Å². The molecule has 0 bridgehead atoms. The van der Waals surface area contributed by atoms with Crippen molar-refractivity contribution in [3.63, 3.8) is 0 Å². The van der Waals surface area contributed by atoms with E-state index in [0.29, 0.717) is 31.7 Å². The van der Waals surface area contributed by atoms with Crippen molar-refractivity contribution in [1.82, 2.24) is 14.9 Å². The summed E-state index contributed by atoms with van der Waals surface area (Å²) in [6.45, 7) is 5.75. The lowest BCUT2D eigenvalue weighted by Gasteiger charge is -2.18. The molecule has 32 heavy (non-hydrogen) atoms. The molecule has 3 amide bonds. The third kappa shape index (κ3) is 5.28. The quantitative estimate of drug-likeness (QED) is 0.626. The molecule has 168 valence electrons. The Labute approximate surface area is 188 Å². The van der Waals surface area contributed by atoms with Crippen LogP contribution >= 0.6 is 0 Å². The third-order valence-corrected chi connectivity index (χ3v) is 7.13. The third-order valence-electron chi connectivity index (χ3n) is 5.07. The second kappa shape index (κ2) is 10.3. The summed E-state index contributed by atoms with van der Waals surface area (Å²) in [6.07, 6.45) is 0. The maximum Gasteiger partial charge on any atom is 0.321 e. The highest BCUT2D eigenvalue weighted by Crippen LogP contribution is 2.17. The first-order chi connectivity index (χ1) is 15.4. The zero-order valence-corrected chi connectivity index (χ0v) is 18.9. The van der Waals surface area contributed by atoms with E-state index in [1.165, 1.54) is 28.6 Å². The number of benzene rings is 2. The zero-order valence-electron chi connectivity index (χ0n) is 18.1. The summed E-state index contributed by atoms with van der Waals surface area (Å²) >= 11 is 0. The summed E-state index contributed by atoms with van der Waals surface area (Å²) in [4.78, 5) is 25.8. The number of hydrogen-bond donors (Lipinski definition) is 2. The molecule has 0 aliphatic carbocycles. The Kier molecular flexibility index (Phi) is 7.51. The van der Waals surface area contributed by atoms with E-state index in [2.05, 4.69) is 22.5 Å². The summed E-state index contributed by atoms with van der Waals surface area (Å²) in [7, 11) is -3.55. The van der Waals surface area contributed by atoms with E-state index in [1.54, 1.807) is 18.7 Å². The molecule has 8 nitrogen and oxygen atoms in total. The van der Waals surface area contributed by atoms with E-state index in [0.717, 1.165) is 11.3 Å². The van der Waals surface area contributed by atoms with Gasteiger partial charge >= 0.3 is 6.03 Å². The molecule has 1 aliphatic heterocycles. The van der Waals surface area contributed by atoms with Gasteiger partial charge in [0.1, 0.15) is 0 Å². The van der Waals surface area contributed by atoms with Gasteiger partial charge in [-0.2, -0.15) is 4.31 Å². The minimum absolute atomic E-state index is 0.106. The molecule has 0 saturated carbocycles. The number of rotatable bonds is 7. The first-order valence-corrected chi connectivity index (χ1v) is 11.8. The van der Waals surface area contributed by atoms with Gasteiger partial charge in [0.2, 0.25) is 10.0 Å². The lowest BCUT2D eigenvalue weighted by atomic mass is 10.2. The highest BCUT2D eigenvalue weighted by atomic mass is 32.2. The number of urea groups is 1. The number of hydrogen-bond acceptors (Lipinski definition) is 4. The van der Waals surface area contributed by atoms with Gasteiger partial charge in [0.05, 0.1) is 11.4 Å². The van der Waals surface area contributed by atoms with E-state index in [4.69, 9.17) is 0 Å². The average Bonchev–Trinajstić information content (AvgIpc) is 3.23. The van der Waals surface area contributed by atoms with E-state index in [9.17, 15) is 18.0 Å². The van der Waals surface area contributed by atoms with Crippen molar-refractivity contribution in [1.29, 1.82) is 0 Å². The fraction of sp³-hybridized carbons (Fsp3) is 0.304. The molecule has 0 atom stereocenters. The lowest BCUT2D eigenvalue weighted by Crippen LogP contribution is -2.30. The lowest BCUT2D eigenvalue weighted by molar-refractivity contribution is 0.0958. The summed E-state index contributed by atoms with van der Waals surface area (Å²) in [5, 5.41) is 5.46. The maximum absolute atomic E-state index is 12.5. The van der Waals surface area contributed by atoms with Gasteiger partial charge in [0.15, 0.2) is 0 Å². The van der Waals surface area contributed by atoms with Gasteiger partial charge in [-0.3, -0.25) is 9.69 Å². The van der Waals surface area contributed by atoms with E-state index in [-0.39, 0.29) is 23.4 Å². The predicted molar refractivity (Wildman–Crippen MR) is 123 cm³/mol. The SMILES string of the molecule is CCN(CC)S(=O)(=O)c1ccc(C(=O)NCC#Cc2ccc(N3CCNC3=O)cc2)cc1. The number of sulfonamides is 1. The highest BCUT2D eigenvalue weighted by Gasteiger charge is 2.22. The fourth-order valence-corrected chi connectivity index (χ4v) is 4.76. The van der Waals surface area contributed by atoms with Crippen molar-refractivity contribution in [3.8, 4) is 11.8 Å². The van der Waals surface area contributed by atoms with Crippen LogP contribution in [0.3, 0.4) is 0 Å². The van der Waals surface area contributed by atoms with Gasteiger partial charge in [-0.15, -0.1) is 0 Å². The van der Waals surface area contributed by atoms with Gasteiger partial charge in [-0.25, -0.2) is 13.2 Å².